The van der Waals surface area contributed by atoms with Crippen LogP contribution in [0.2, 0.25) is 0 Å². The largest absolute Gasteiger partial charge is 0.481 e. The van der Waals surface area contributed by atoms with Crippen molar-refractivity contribution in [3.05, 3.63) is 12.5 Å². The highest BCUT2D eigenvalue weighted by Crippen LogP contribution is 1.94. The molecule has 3 nitrogen and oxygen atoms in total. The average molecular weight is 142 g/mol. The highest BCUT2D eigenvalue weighted by atomic mass is 16.5. The lowest BCUT2D eigenvalue weighted by molar-refractivity contribution is 0.289. The number of amidine groups is 1. The van der Waals surface area contributed by atoms with Crippen LogP contribution in [0.5, 0.6) is 0 Å². The van der Waals surface area contributed by atoms with Crippen LogP contribution in [0, 0.1) is 0 Å². The molecule has 0 amide bonds. The molecule has 0 radical (unpaired) electrons. The minimum atomic E-state index is 0.436. The van der Waals surface area contributed by atoms with Gasteiger partial charge in [0.05, 0.1) is 7.11 Å². The van der Waals surface area contributed by atoms with Gasteiger partial charge < -0.3 is 9.64 Å². The summed E-state index contributed by atoms with van der Waals surface area (Å²) < 4.78 is 4.76. The first-order chi connectivity index (χ1) is 4.57. The molecule has 0 saturated carbocycles. The van der Waals surface area contributed by atoms with Crippen molar-refractivity contribution in [1.82, 2.24) is 4.90 Å². The standard InChI is InChI=1S/C7H14N2O/c1-6(9(3)4)8-7(2)10-5/h2H2,1,3-5H3. The maximum Gasteiger partial charge on any atom is 0.207 e. The molecule has 0 aromatic rings. The molecule has 0 fully saturated rings. The molecule has 3 heteroatoms. The van der Waals surface area contributed by atoms with Crippen molar-refractivity contribution in [2.75, 3.05) is 21.2 Å². The van der Waals surface area contributed by atoms with Gasteiger partial charge in [-0.3, -0.25) is 0 Å². The van der Waals surface area contributed by atoms with E-state index < -0.39 is 0 Å². The molecule has 0 bridgehead atoms. The summed E-state index contributed by atoms with van der Waals surface area (Å²) >= 11 is 0. The van der Waals surface area contributed by atoms with E-state index in [1.165, 1.54) is 0 Å². The molecule has 0 rings (SSSR count). The van der Waals surface area contributed by atoms with E-state index in [9.17, 15) is 0 Å². The summed E-state index contributed by atoms with van der Waals surface area (Å²) in [6.07, 6.45) is 0. The van der Waals surface area contributed by atoms with Gasteiger partial charge in [0, 0.05) is 14.1 Å². The summed E-state index contributed by atoms with van der Waals surface area (Å²) in [5.74, 6) is 1.32. The fourth-order valence-corrected chi connectivity index (χ4v) is 0.326. The molecule has 0 aliphatic rings. The number of hydrogen-bond acceptors (Lipinski definition) is 2. The first-order valence-corrected chi connectivity index (χ1v) is 3.03. The molecule has 0 aliphatic carbocycles. The topological polar surface area (TPSA) is 24.8 Å². The van der Waals surface area contributed by atoms with Gasteiger partial charge in [-0.2, -0.15) is 0 Å². The van der Waals surface area contributed by atoms with Gasteiger partial charge in [-0.05, 0) is 13.5 Å². The number of hydrogen-bond donors (Lipinski definition) is 0. The molecular formula is C7H14N2O. The lowest BCUT2D eigenvalue weighted by Crippen LogP contribution is -2.18. The summed E-state index contributed by atoms with van der Waals surface area (Å²) in [7, 11) is 5.39. The Morgan fingerprint density at radius 3 is 2.30 bits per heavy atom. The molecule has 0 aromatic heterocycles. The molecule has 0 aromatic carbocycles. The second-order valence-corrected chi connectivity index (χ2v) is 2.15. The second-order valence-electron chi connectivity index (χ2n) is 2.15. The fraction of sp³-hybridized carbons (Fsp3) is 0.571. The Labute approximate surface area is 62.0 Å². The Balaban J connectivity index is 4.03. The Morgan fingerprint density at radius 2 is 2.00 bits per heavy atom. The minimum absolute atomic E-state index is 0.436. The maximum absolute atomic E-state index is 4.76. The van der Waals surface area contributed by atoms with Gasteiger partial charge >= 0.3 is 0 Å². The van der Waals surface area contributed by atoms with Crippen molar-refractivity contribution in [3.8, 4) is 0 Å². The predicted octanol–water partition coefficient (Wildman–Crippen LogP) is 1.08. The van der Waals surface area contributed by atoms with Gasteiger partial charge in [0.25, 0.3) is 0 Å². The maximum atomic E-state index is 4.76. The van der Waals surface area contributed by atoms with E-state index in [-0.39, 0.29) is 0 Å². The third-order valence-electron chi connectivity index (χ3n) is 1.17. The van der Waals surface area contributed by atoms with Crippen molar-refractivity contribution < 1.29 is 4.74 Å². The molecule has 0 unspecified atom stereocenters. The van der Waals surface area contributed by atoms with Gasteiger partial charge in [0.2, 0.25) is 5.88 Å². The van der Waals surface area contributed by atoms with Crippen LogP contribution in [-0.2, 0) is 4.74 Å². The molecular weight excluding hydrogens is 128 g/mol. The Morgan fingerprint density at radius 1 is 1.50 bits per heavy atom. The molecule has 0 saturated heterocycles. The number of methoxy groups -OCH3 is 1. The van der Waals surface area contributed by atoms with Gasteiger partial charge in [-0.15, -0.1) is 0 Å². The highest BCUT2D eigenvalue weighted by molar-refractivity contribution is 5.79. The lowest BCUT2D eigenvalue weighted by atomic mass is 10.6. The molecule has 0 atom stereocenters. The number of nitrogens with zero attached hydrogens (tertiary/aromatic N) is 2. The first kappa shape index (κ1) is 9.01. The van der Waals surface area contributed by atoms with Crippen LogP contribution in [0.4, 0.5) is 0 Å². The van der Waals surface area contributed by atoms with Crippen molar-refractivity contribution in [3.63, 3.8) is 0 Å². The zero-order valence-corrected chi connectivity index (χ0v) is 7.01. The van der Waals surface area contributed by atoms with Crippen LogP contribution < -0.4 is 0 Å². The molecule has 0 spiro atoms. The normalized spacial score (nSPS) is 11.0. The van der Waals surface area contributed by atoms with E-state index in [1.54, 1.807) is 7.11 Å². The zero-order chi connectivity index (χ0) is 8.15. The summed E-state index contributed by atoms with van der Waals surface area (Å²) in [5.41, 5.74) is 0. The van der Waals surface area contributed by atoms with Crippen LogP contribution in [0.3, 0.4) is 0 Å². The van der Waals surface area contributed by atoms with E-state index in [2.05, 4.69) is 11.6 Å². The van der Waals surface area contributed by atoms with Crippen LogP contribution in [0.15, 0.2) is 17.5 Å². The SMILES string of the molecule is C=C(N=C(C)N(C)C)OC. The molecule has 10 heavy (non-hydrogen) atoms. The van der Waals surface area contributed by atoms with Crippen molar-refractivity contribution in [1.29, 1.82) is 0 Å². The quantitative estimate of drug-likeness (QED) is 0.327. The fourth-order valence-electron chi connectivity index (χ4n) is 0.326. The average Bonchev–Trinajstić information content (AvgIpc) is 1.87. The number of rotatable bonds is 2. The van der Waals surface area contributed by atoms with Crippen LogP contribution in [-0.4, -0.2) is 31.9 Å². The highest BCUT2D eigenvalue weighted by Gasteiger charge is 1.92. The van der Waals surface area contributed by atoms with Gasteiger partial charge in [0.15, 0.2) is 0 Å². The molecule has 58 valence electrons. The van der Waals surface area contributed by atoms with Crippen molar-refractivity contribution in [2.24, 2.45) is 4.99 Å². The van der Waals surface area contributed by atoms with E-state index in [1.807, 2.05) is 25.9 Å². The molecule has 0 heterocycles. The third-order valence-corrected chi connectivity index (χ3v) is 1.17. The predicted molar refractivity (Wildman–Crippen MR) is 42.9 cm³/mol. The zero-order valence-electron chi connectivity index (χ0n) is 7.01. The van der Waals surface area contributed by atoms with Crippen LogP contribution in [0.1, 0.15) is 6.92 Å². The summed E-state index contributed by atoms with van der Waals surface area (Å²) in [5, 5.41) is 0. The van der Waals surface area contributed by atoms with E-state index >= 15 is 0 Å². The Hall–Kier alpha value is -0.990. The molecule has 0 aliphatic heterocycles. The lowest BCUT2D eigenvalue weighted by Gasteiger charge is -2.10. The summed E-state index contributed by atoms with van der Waals surface area (Å²) in [6.45, 7) is 5.45. The van der Waals surface area contributed by atoms with Gasteiger partial charge in [-0.1, -0.05) is 0 Å². The first-order valence-electron chi connectivity index (χ1n) is 3.03. The number of aliphatic imine (C=N–C) groups is 1. The second kappa shape index (κ2) is 3.93. The van der Waals surface area contributed by atoms with Gasteiger partial charge in [-0.25, -0.2) is 4.99 Å². The third kappa shape index (κ3) is 3.12. The van der Waals surface area contributed by atoms with E-state index in [0.29, 0.717) is 5.88 Å². The van der Waals surface area contributed by atoms with E-state index in [4.69, 9.17) is 4.74 Å². The van der Waals surface area contributed by atoms with E-state index in [0.717, 1.165) is 5.84 Å². The number of ether oxygens (including phenoxy) is 1. The van der Waals surface area contributed by atoms with Crippen molar-refractivity contribution in [2.45, 2.75) is 6.92 Å². The molecule has 0 N–H and O–H groups in total. The van der Waals surface area contributed by atoms with Crippen LogP contribution in [0.25, 0.3) is 0 Å². The monoisotopic (exact) mass is 142 g/mol. The Bertz CT molecular complexity index is 150. The van der Waals surface area contributed by atoms with Crippen molar-refractivity contribution >= 4 is 5.84 Å². The summed E-state index contributed by atoms with van der Waals surface area (Å²) in [6, 6.07) is 0. The smallest absolute Gasteiger partial charge is 0.207 e. The minimum Gasteiger partial charge on any atom is -0.481 e. The Kier molecular flexibility index (Phi) is 3.54. The van der Waals surface area contributed by atoms with Crippen LogP contribution >= 0.6 is 0 Å². The van der Waals surface area contributed by atoms with Gasteiger partial charge in [0.1, 0.15) is 5.84 Å². The summed E-state index contributed by atoms with van der Waals surface area (Å²) in [4.78, 5) is 5.91.